The molecule has 0 aromatic rings. The second-order valence-corrected chi connectivity index (χ2v) is 2.13. The Balaban J connectivity index is 2.28. The molecule has 1 heterocycles. The molecule has 3 N–H and O–H groups in total. The van der Waals surface area contributed by atoms with E-state index in [-0.39, 0.29) is 0 Å². The van der Waals surface area contributed by atoms with Crippen molar-refractivity contribution in [2.75, 3.05) is 13.1 Å². The van der Waals surface area contributed by atoms with Crippen LogP contribution in [0.2, 0.25) is 0 Å². The Morgan fingerprint density at radius 2 is 2.00 bits per heavy atom. The van der Waals surface area contributed by atoms with Crippen LogP contribution in [0.5, 0.6) is 0 Å². The maximum absolute atomic E-state index is 8.89. The summed E-state index contributed by atoms with van der Waals surface area (Å²) in [4.78, 5) is 0. The predicted molar refractivity (Wildman–Crippen MR) is 29.5 cm³/mol. The van der Waals surface area contributed by atoms with Crippen LogP contribution >= 0.6 is 0 Å². The minimum Gasteiger partial charge on any atom is -0.390 e. The molecule has 0 aliphatic carbocycles. The number of β-amino-alcohol motifs (C(OH)–C–C–N with tert-alkyl or cyclic N) is 1. The molecule has 1 aliphatic rings. The number of rotatable bonds is 0. The van der Waals surface area contributed by atoms with Crippen LogP contribution in [-0.4, -0.2) is 35.5 Å². The van der Waals surface area contributed by atoms with Crippen LogP contribution in [0.1, 0.15) is 6.42 Å². The van der Waals surface area contributed by atoms with E-state index in [0.717, 1.165) is 6.54 Å². The molecule has 1 rings (SSSR count). The topological polar surface area (TPSA) is 52.5 Å². The summed E-state index contributed by atoms with van der Waals surface area (Å²) < 4.78 is 0. The molecule has 0 spiro atoms. The van der Waals surface area contributed by atoms with Gasteiger partial charge in [0, 0.05) is 6.54 Å². The van der Waals surface area contributed by atoms with Gasteiger partial charge in [-0.3, -0.25) is 0 Å². The summed E-state index contributed by atoms with van der Waals surface area (Å²) in [6.45, 7) is 1.35. The van der Waals surface area contributed by atoms with Gasteiger partial charge in [0.15, 0.2) is 0 Å². The average molecular weight is 117 g/mol. The van der Waals surface area contributed by atoms with Gasteiger partial charge in [0.2, 0.25) is 0 Å². The van der Waals surface area contributed by atoms with Crippen molar-refractivity contribution in [2.24, 2.45) is 0 Å². The Bertz CT molecular complexity index is 66.8. The molecule has 1 saturated heterocycles. The third kappa shape index (κ3) is 1.18. The summed E-state index contributed by atoms with van der Waals surface area (Å²) in [5, 5.41) is 20.7. The smallest absolute Gasteiger partial charge is 0.0923 e. The van der Waals surface area contributed by atoms with Crippen molar-refractivity contribution in [1.29, 1.82) is 0 Å². The number of nitrogens with one attached hydrogen (secondary N) is 1. The lowest BCUT2D eigenvalue weighted by molar-refractivity contribution is 0.000433. The fraction of sp³-hybridized carbons (Fsp3) is 1.00. The lowest BCUT2D eigenvalue weighted by Gasteiger charge is -2.23. The SMILES string of the molecule is OC1CCNC[C@@H]1O. The number of piperidine rings is 1. The van der Waals surface area contributed by atoms with Gasteiger partial charge in [0.25, 0.3) is 0 Å². The molecule has 0 saturated carbocycles. The molecule has 3 nitrogen and oxygen atoms in total. The second-order valence-electron chi connectivity index (χ2n) is 2.13. The summed E-state index contributed by atoms with van der Waals surface area (Å²) in [6.07, 6.45) is -0.388. The van der Waals surface area contributed by atoms with Crippen molar-refractivity contribution in [3.8, 4) is 0 Å². The monoisotopic (exact) mass is 117 g/mol. The van der Waals surface area contributed by atoms with Crippen molar-refractivity contribution in [2.45, 2.75) is 18.6 Å². The molecule has 0 radical (unpaired) electrons. The van der Waals surface area contributed by atoms with Gasteiger partial charge < -0.3 is 15.5 Å². The van der Waals surface area contributed by atoms with Crippen LogP contribution in [-0.2, 0) is 0 Å². The zero-order valence-electron chi connectivity index (χ0n) is 4.67. The summed E-state index contributed by atoms with van der Waals surface area (Å²) in [7, 11) is 0. The van der Waals surface area contributed by atoms with E-state index in [1.807, 2.05) is 0 Å². The van der Waals surface area contributed by atoms with E-state index in [4.69, 9.17) is 10.2 Å². The largest absolute Gasteiger partial charge is 0.390 e. The van der Waals surface area contributed by atoms with Crippen LogP contribution in [0.3, 0.4) is 0 Å². The molecule has 2 atom stereocenters. The highest BCUT2D eigenvalue weighted by Crippen LogP contribution is 2.01. The highest BCUT2D eigenvalue weighted by atomic mass is 16.3. The fourth-order valence-corrected chi connectivity index (χ4v) is 0.828. The Morgan fingerprint density at radius 1 is 1.25 bits per heavy atom. The van der Waals surface area contributed by atoms with Crippen molar-refractivity contribution in [3.63, 3.8) is 0 Å². The Hall–Kier alpha value is -0.120. The average Bonchev–Trinajstić information content (AvgIpc) is 1.77. The van der Waals surface area contributed by atoms with Crippen LogP contribution in [0, 0.1) is 0 Å². The molecule has 0 bridgehead atoms. The highest BCUT2D eigenvalue weighted by molar-refractivity contribution is 4.75. The van der Waals surface area contributed by atoms with E-state index in [9.17, 15) is 0 Å². The molecule has 0 aromatic carbocycles. The van der Waals surface area contributed by atoms with Gasteiger partial charge in [-0.2, -0.15) is 0 Å². The standard InChI is InChI=1S/C5H11NO2/c7-4-1-2-6-3-5(4)8/h4-8H,1-3H2/t4?,5-/m0/s1. The van der Waals surface area contributed by atoms with Crippen LogP contribution < -0.4 is 5.32 Å². The van der Waals surface area contributed by atoms with Crippen LogP contribution in [0.25, 0.3) is 0 Å². The molecule has 3 heteroatoms. The molecular weight excluding hydrogens is 106 g/mol. The number of aliphatic hydroxyl groups excluding tert-OH is 2. The van der Waals surface area contributed by atoms with Gasteiger partial charge >= 0.3 is 0 Å². The summed E-state index contributed by atoms with van der Waals surface area (Å²) in [5.74, 6) is 0. The molecule has 0 amide bonds. The van der Waals surface area contributed by atoms with Crippen LogP contribution in [0.15, 0.2) is 0 Å². The van der Waals surface area contributed by atoms with E-state index in [1.165, 1.54) is 0 Å². The quantitative estimate of drug-likeness (QED) is 0.369. The van der Waals surface area contributed by atoms with Gasteiger partial charge in [-0.25, -0.2) is 0 Å². The first-order chi connectivity index (χ1) is 3.80. The zero-order valence-corrected chi connectivity index (χ0v) is 4.67. The molecule has 1 fully saturated rings. The third-order valence-corrected chi connectivity index (χ3v) is 1.41. The second kappa shape index (κ2) is 2.44. The maximum atomic E-state index is 8.89. The van der Waals surface area contributed by atoms with E-state index in [2.05, 4.69) is 5.32 Å². The minimum atomic E-state index is -0.552. The molecule has 1 aliphatic heterocycles. The minimum absolute atomic E-state index is 0.503. The molecular formula is C5H11NO2. The molecule has 8 heavy (non-hydrogen) atoms. The van der Waals surface area contributed by atoms with E-state index < -0.39 is 12.2 Å². The fourth-order valence-electron chi connectivity index (χ4n) is 0.828. The van der Waals surface area contributed by atoms with Gasteiger partial charge in [0.05, 0.1) is 12.2 Å². The van der Waals surface area contributed by atoms with E-state index in [1.54, 1.807) is 0 Å². The first kappa shape index (κ1) is 6.01. The summed E-state index contributed by atoms with van der Waals surface area (Å²) in [5.41, 5.74) is 0. The van der Waals surface area contributed by atoms with Gasteiger partial charge in [0.1, 0.15) is 0 Å². The molecule has 48 valence electrons. The zero-order chi connectivity index (χ0) is 5.98. The first-order valence-corrected chi connectivity index (χ1v) is 2.87. The van der Waals surface area contributed by atoms with Crippen molar-refractivity contribution < 1.29 is 10.2 Å². The number of aliphatic hydroxyl groups is 2. The lowest BCUT2D eigenvalue weighted by atomic mass is 10.1. The third-order valence-electron chi connectivity index (χ3n) is 1.41. The maximum Gasteiger partial charge on any atom is 0.0923 e. The number of hydrogen-bond acceptors (Lipinski definition) is 3. The molecule has 1 unspecified atom stereocenters. The lowest BCUT2D eigenvalue weighted by Crippen LogP contribution is -2.43. The van der Waals surface area contributed by atoms with Gasteiger partial charge in [-0.05, 0) is 13.0 Å². The van der Waals surface area contributed by atoms with E-state index >= 15 is 0 Å². The van der Waals surface area contributed by atoms with Gasteiger partial charge in [-0.15, -0.1) is 0 Å². The normalized spacial score (nSPS) is 39.8. The van der Waals surface area contributed by atoms with Crippen molar-refractivity contribution >= 4 is 0 Å². The first-order valence-electron chi connectivity index (χ1n) is 2.87. The molecule has 0 aromatic heterocycles. The van der Waals surface area contributed by atoms with E-state index in [0.29, 0.717) is 13.0 Å². The van der Waals surface area contributed by atoms with Crippen molar-refractivity contribution in [1.82, 2.24) is 5.32 Å². The van der Waals surface area contributed by atoms with Crippen molar-refractivity contribution in [3.05, 3.63) is 0 Å². The van der Waals surface area contributed by atoms with Gasteiger partial charge in [-0.1, -0.05) is 0 Å². The number of hydrogen-bond donors (Lipinski definition) is 3. The predicted octanol–water partition coefficient (Wildman–Crippen LogP) is -1.30. The highest BCUT2D eigenvalue weighted by Gasteiger charge is 2.18. The van der Waals surface area contributed by atoms with Crippen LogP contribution in [0.4, 0.5) is 0 Å². The summed E-state index contributed by atoms with van der Waals surface area (Å²) in [6, 6.07) is 0. The summed E-state index contributed by atoms with van der Waals surface area (Å²) >= 11 is 0. The Kier molecular flexibility index (Phi) is 1.83. The Labute approximate surface area is 48.3 Å². The Morgan fingerprint density at radius 3 is 2.38 bits per heavy atom.